The van der Waals surface area contributed by atoms with Crippen LogP contribution in [0, 0.1) is 0 Å². The van der Waals surface area contributed by atoms with Gasteiger partial charge in [-0.2, -0.15) is 0 Å². The van der Waals surface area contributed by atoms with E-state index in [4.69, 9.17) is 9.47 Å². The van der Waals surface area contributed by atoms with Crippen LogP contribution in [0.15, 0.2) is 48.6 Å². The standard InChI is InChI=1S/C16H14O4/c1-10(2)16(18)20-15-7-5-12-8-14(19-11(3)17)6-4-13(12)9-15/h4-9H,1H2,2-3H3. The van der Waals surface area contributed by atoms with Gasteiger partial charge in [-0.25, -0.2) is 4.79 Å². The average Bonchev–Trinajstić information content (AvgIpc) is 2.38. The summed E-state index contributed by atoms with van der Waals surface area (Å²) in [6, 6.07) is 10.5. The molecular formula is C16H14O4. The zero-order chi connectivity index (χ0) is 14.7. The van der Waals surface area contributed by atoms with Crippen LogP contribution in [0.2, 0.25) is 0 Å². The Hall–Kier alpha value is -2.62. The minimum atomic E-state index is -0.458. The lowest BCUT2D eigenvalue weighted by Gasteiger charge is -2.07. The highest BCUT2D eigenvalue weighted by atomic mass is 16.5. The topological polar surface area (TPSA) is 52.6 Å². The number of benzene rings is 2. The summed E-state index contributed by atoms with van der Waals surface area (Å²) in [4.78, 5) is 22.3. The zero-order valence-corrected chi connectivity index (χ0v) is 11.3. The third-order valence-electron chi connectivity index (χ3n) is 2.60. The third-order valence-corrected chi connectivity index (χ3v) is 2.60. The van der Waals surface area contributed by atoms with E-state index in [1.165, 1.54) is 6.92 Å². The second kappa shape index (κ2) is 5.57. The van der Waals surface area contributed by atoms with Gasteiger partial charge in [0, 0.05) is 12.5 Å². The predicted octanol–water partition coefficient (Wildman–Crippen LogP) is 3.25. The summed E-state index contributed by atoms with van der Waals surface area (Å²) in [7, 11) is 0. The van der Waals surface area contributed by atoms with E-state index >= 15 is 0 Å². The van der Waals surface area contributed by atoms with Gasteiger partial charge in [-0.05, 0) is 42.0 Å². The van der Waals surface area contributed by atoms with Gasteiger partial charge in [0.15, 0.2) is 0 Å². The zero-order valence-electron chi connectivity index (χ0n) is 11.3. The summed E-state index contributed by atoms with van der Waals surface area (Å²) in [6.45, 7) is 6.47. The second-order valence-electron chi connectivity index (χ2n) is 4.43. The molecule has 4 heteroatoms. The fourth-order valence-electron chi connectivity index (χ4n) is 1.69. The monoisotopic (exact) mass is 270 g/mol. The number of hydrogen-bond donors (Lipinski definition) is 0. The van der Waals surface area contributed by atoms with E-state index in [2.05, 4.69) is 6.58 Å². The molecule has 0 spiro atoms. The van der Waals surface area contributed by atoms with Crippen molar-refractivity contribution in [2.75, 3.05) is 0 Å². The van der Waals surface area contributed by atoms with Gasteiger partial charge in [0.25, 0.3) is 0 Å². The number of fused-ring (bicyclic) bond motifs is 1. The molecule has 2 aromatic rings. The molecular weight excluding hydrogens is 256 g/mol. The first-order valence-corrected chi connectivity index (χ1v) is 6.05. The molecule has 0 radical (unpaired) electrons. The Labute approximate surface area is 116 Å². The molecule has 0 heterocycles. The minimum Gasteiger partial charge on any atom is -0.427 e. The van der Waals surface area contributed by atoms with Crippen LogP contribution in [0.25, 0.3) is 10.8 Å². The molecule has 2 rings (SSSR count). The highest BCUT2D eigenvalue weighted by molar-refractivity contribution is 5.90. The quantitative estimate of drug-likeness (QED) is 0.488. The Morgan fingerprint density at radius 1 is 0.900 bits per heavy atom. The van der Waals surface area contributed by atoms with Crippen LogP contribution < -0.4 is 9.47 Å². The van der Waals surface area contributed by atoms with Gasteiger partial charge in [0.2, 0.25) is 0 Å². The van der Waals surface area contributed by atoms with Gasteiger partial charge in [0.1, 0.15) is 11.5 Å². The Kier molecular flexibility index (Phi) is 3.84. The molecule has 102 valence electrons. The lowest BCUT2D eigenvalue weighted by atomic mass is 10.1. The van der Waals surface area contributed by atoms with Gasteiger partial charge >= 0.3 is 11.9 Å². The number of ether oxygens (including phenoxy) is 2. The first-order valence-electron chi connectivity index (χ1n) is 6.05. The second-order valence-corrected chi connectivity index (χ2v) is 4.43. The molecule has 0 saturated heterocycles. The Morgan fingerprint density at radius 3 is 1.85 bits per heavy atom. The molecule has 0 aliphatic carbocycles. The van der Waals surface area contributed by atoms with Crippen molar-refractivity contribution in [1.29, 1.82) is 0 Å². The Bertz CT molecular complexity index is 701. The first kappa shape index (κ1) is 13.8. The summed E-state index contributed by atoms with van der Waals surface area (Å²) in [5.41, 5.74) is 0.343. The number of rotatable bonds is 3. The van der Waals surface area contributed by atoms with Gasteiger partial charge < -0.3 is 9.47 Å². The van der Waals surface area contributed by atoms with Crippen molar-refractivity contribution in [2.24, 2.45) is 0 Å². The fraction of sp³-hybridized carbons (Fsp3) is 0.125. The minimum absolute atomic E-state index is 0.343. The van der Waals surface area contributed by atoms with Crippen molar-refractivity contribution in [2.45, 2.75) is 13.8 Å². The van der Waals surface area contributed by atoms with Gasteiger partial charge in [-0.1, -0.05) is 18.7 Å². The average molecular weight is 270 g/mol. The van der Waals surface area contributed by atoms with Crippen LogP contribution >= 0.6 is 0 Å². The maximum absolute atomic E-state index is 11.4. The van der Waals surface area contributed by atoms with E-state index in [-0.39, 0.29) is 5.97 Å². The van der Waals surface area contributed by atoms with Crippen LogP contribution in [-0.2, 0) is 9.59 Å². The molecule has 0 aliphatic rings. The lowest BCUT2D eigenvalue weighted by Crippen LogP contribution is -2.07. The van der Waals surface area contributed by atoms with Gasteiger partial charge in [0.05, 0.1) is 0 Å². The Morgan fingerprint density at radius 2 is 1.40 bits per heavy atom. The summed E-state index contributed by atoms with van der Waals surface area (Å²) in [5, 5.41) is 1.77. The molecule has 2 aromatic carbocycles. The number of esters is 2. The van der Waals surface area contributed by atoms with E-state index < -0.39 is 5.97 Å². The molecule has 0 unspecified atom stereocenters. The summed E-state index contributed by atoms with van der Waals surface area (Å²) in [6.07, 6.45) is 0. The van der Waals surface area contributed by atoms with Crippen LogP contribution in [0.5, 0.6) is 11.5 Å². The fourth-order valence-corrected chi connectivity index (χ4v) is 1.69. The van der Waals surface area contributed by atoms with E-state index in [1.807, 2.05) is 0 Å². The smallest absolute Gasteiger partial charge is 0.338 e. The Balaban J connectivity index is 2.29. The van der Waals surface area contributed by atoms with Crippen molar-refractivity contribution in [1.82, 2.24) is 0 Å². The molecule has 0 aliphatic heterocycles. The summed E-state index contributed by atoms with van der Waals surface area (Å²) >= 11 is 0. The molecule has 0 aromatic heterocycles. The number of carbonyl (C=O) groups is 2. The van der Waals surface area contributed by atoms with E-state index in [1.54, 1.807) is 43.3 Å². The maximum atomic E-state index is 11.4. The maximum Gasteiger partial charge on any atom is 0.338 e. The summed E-state index contributed by atoms with van der Waals surface area (Å²) < 4.78 is 10.2. The first-order chi connectivity index (χ1) is 9.45. The largest absolute Gasteiger partial charge is 0.427 e. The lowest BCUT2D eigenvalue weighted by molar-refractivity contribution is -0.132. The van der Waals surface area contributed by atoms with Crippen LogP contribution in [-0.4, -0.2) is 11.9 Å². The summed E-state index contributed by atoms with van der Waals surface area (Å²) in [5.74, 6) is 0.111. The van der Waals surface area contributed by atoms with Gasteiger partial charge in [-0.15, -0.1) is 0 Å². The number of hydrogen-bond acceptors (Lipinski definition) is 4. The molecule has 4 nitrogen and oxygen atoms in total. The molecule has 0 fully saturated rings. The van der Waals surface area contributed by atoms with Crippen molar-refractivity contribution in [3.8, 4) is 11.5 Å². The van der Waals surface area contributed by atoms with Crippen LogP contribution in [0.3, 0.4) is 0 Å². The third kappa shape index (κ3) is 3.23. The van der Waals surface area contributed by atoms with Crippen LogP contribution in [0.4, 0.5) is 0 Å². The van der Waals surface area contributed by atoms with E-state index in [9.17, 15) is 9.59 Å². The highest BCUT2D eigenvalue weighted by Gasteiger charge is 2.06. The van der Waals surface area contributed by atoms with E-state index in [0.29, 0.717) is 17.1 Å². The molecule has 0 amide bonds. The van der Waals surface area contributed by atoms with Crippen molar-refractivity contribution < 1.29 is 19.1 Å². The van der Waals surface area contributed by atoms with E-state index in [0.717, 1.165) is 10.8 Å². The molecule has 0 saturated carbocycles. The van der Waals surface area contributed by atoms with Gasteiger partial charge in [-0.3, -0.25) is 4.79 Å². The normalized spacial score (nSPS) is 10.1. The predicted molar refractivity (Wildman–Crippen MR) is 75.7 cm³/mol. The molecule has 0 bridgehead atoms. The SMILES string of the molecule is C=C(C)C(=O)Oc1ccc2cc(OC(C)=O)ccc2c1. The molecule has 20 heavy (non-hydrogen) atoms. The number of carbonyl (C=O) groups excluding carboxylic acids is 2. The van der Waals surface area contributed by atoms with Crippen molar-refractivity contribution >= 4 is 22.7 Å². The van der Waals surface area contributed by atoms with Crippen molar-refractivity contribution in [3.05, 3.63) is 48.6 Å². The molecule has 0 N–H and O–H groups in total. The molecule has 0 atom stereocenters. The van der Waals surface area contributed by atoms with Crippen LogP contribution in [0.1, 0.15) is 13.8 Å². The van der Waals surface area contributed by atoms with Crippen molar-refractivity contribution in [3.63, 3.8) is 0 Å². The highest BCUT2D eigenvalue weighted by Crippen LogP contribution is 2.25.